The first kappa shape index (κ1) is 16.0. The van der Waals surface area contributed by atoms with Crippen LogP contribution in [0.4, 0.5) is 0 Å². The van der Waals surface area contributed by atoms with Crippen LogP contribution in [-0.4, -0.2) is 38.9 Å². The molecule has 0 N–H and O–H groups in total. The van der Waals surface area contributed by atoms with Gasteiger partial charge in [0.05, 0.1) is 17.4 Å². The summed E-state index contributed by atoms with van der Waals surface area (Å²) in [7, 11) is -2.43. The number of rotatable bonds is 3. The summed E-state index contributed by atoms with van der Waals surface area (Å²) in [4.78, 5) is 11.6. The summed E-state index contributed by atoms with van der Waals surface area (Å²) in [5.74, 6) is -0.823. The van der Waals surface area contributed by atoms with Crippen molar-refractivity contribution in [2.24, 2.45) is 5.92 Å². The van der Waals surface area contributed by atoms with E-state index in [9.17, 15) is 13.2 Å². The van der Waals surface area contributed by atoms with Crippen LogP contribution in [0.15, 0.2) is 11.0 Å². The predicted molar refractivity (Wildman–Crippen MR) is 77.8 cm³/mol. The number of carbonyl (C=O) groups is 1. The van der Waals surface area contributed by atoms with Gasteiger partial charge in [-0.05, 0) is 18.9 Å². The maximum Gasteiger partial charge on any atom is 0.309 e. The van der Waals surface area contributed by atoms with E-state index in [1.807, 2.05) is 0 Å². The summed E-state index contributed by atoms with van der Waals surface area (Å²) >= 11 is 12.7. The lowest BCUT2D eigenvalue weighted by Gasteiger charge is -2.30. The number of carbonyl (C=O) groups excluding carboxylic acids is 1. The molecule has 1 aliphatic heterocycles. The molecule has 9 heteroatoms. The maximum atomic E-state index is 12.5. The van der Waals surface area contributed by atoms with Crippen LogP contribution in [0.3, 0.4) is 0 Å². The molecule has 0 aliphatic carbocycles. The average molecular weight is 358 g/mol. The van der Waals surface area contributed by atoms with Crippen molar-refractivity contribution < 1.29 is 17.9 Å². The predicted octanol–water partition coefficient (Wildman–Crippen LogP) is 2.63. The Morgan fingerprint density at radius 1 is 1.50 bits per heavy atom. The second-order valence-corrected chi connectivity index (χ2v) is 8.61. The van der Waals surface area contributed by atoms with Crippen LogP contribution in [0.1, 0.15) is 12.8 Å². The second-order valence-electron chi connectivity index (χ2n) is 4.41. The lowest BCUT2D eigenvalue weighted by Crippen LogP contribution is -2.42. The zero-order chi connectivity index (χ0) is 14.9. The van der Waals surface area contributed by atoms with Gasteiger partial charge in [0.2, 0.25) is 10.0 Å². The minimum atomic E-state index is -3.73. The fourth-order valence-corrected chi connectivity index (χ4v) is 5.80. The summed E-state index contributed by atoms with van der Waals surface area (Å²) in [6, 6.07) is 1.34. The van der Waals surface area contributed by atoms with Gasteiger partial charge in [0.1, 0.15) is 9.23 Å². The highest BCUT2D eigenvalue weighted by atomic mass is 35.5. The molecule has 1 aliphatic rings. The normalized spacial score (nSPS) is 20.9. The molecule has 0 radical (unpaired) electrons. The van der Waals surface area contributed by atoms with Crippen LogP contribution in [0.25, 0.3) is 0 Å². The highest BCUT2D eigenvalue weighted by molar-refractivity contribution is 7.89. The summed E-state index contributed by atoms with van der Waals surface area (Å²) in [5.41, 5.74) is 0. The van der Waals surface area contributed by atoms with Gasteiger partial charge in [0.25, 0.3) is 0 Å². The molecule has 1 aromatic heterocycles. The third-order valence-corrected chi connectivity index (χ3v) is 6.78. The zero-order valence-electron chi connectivity index (χ0n) is 10.6. The van der Waals surface area contributed by atoms with E-state index in [0.29, 0.717) is 23.7 Å². The van der Waals surface area contributed by atoms with Crippen LogP contribution in [-0.2, 0) is 19.6 Å². The number of hydrogen-bond donors (Lipinski definition) is 0. The molecule has 0 spiro atoms. The molecule has 112 valence electrons. The minimum Gasteiger partial charge on any atom is -0.469 e. The number of esters is 1. The summed E-state index contributed by atoms with van der Waals surface area (Å²) in [6.07, 6.45) is 1.23. The van der Waals surface area contributed by atoms with Crippen molar-refractivity contribution in [3.8, 4) is 0 Å². The quantitative estimate of drug-likeness (QED) is 0.780. The van der Waals surface area contributed by atoms with E-state index < -0.39 is 15.9 Å². The van der Waals surface area contributed by atoms with Crippen molar-refractivity contribution in [2.75, 3.05) is 20.2 Å². The molecular weight excluding hydrogens is 345 g/mol. The van der Waals surface area contributed by atoms with Gasteiger partial charge in [-0.3, -0.25) is 4.79 Å². The number of hydrogen-bond acceptors (Lipinski definition) is 5. The SMILES string of the molecule is COC(=O)C1CCCN(S(=O)(=O)c2cc(Cl)sc2Cl)C1. The molecule has 1 unspecified atom stereocenters. The van der Waals surface area contributed by atoms with Crippen LogP contribution in [0.2, 0.25) is 8.67 Å². The van der Waals surface area contributed by atoms with Gasteiger partial charge in [-0.15, -0.1) is 11.3 Å². The fraction of sp³-hybridized carbons (Fsp3) is 0.545. The Labute approximate surface area is 131 Å². The second kappa shape index (κ2) is 6.19. The molecule has 20 heavy (non-hydrogen) atoms. The monoisotopic (exact) mass is 357 g/mol. The van der Waals surface area contributed by atoms with Gasteiger partial charge in [-0.2, -0.15) is 4.31 Å². The van der Waals surface area contributed by atoms with E-state index in [4.69, 9.17) is 23.2 Å². The van der Waals surface area contributed by atoms with E-state index in [-0.39, 0.29) is 21.7 Å². The standard InChI is InChI=1S/C11H13Cl2NO4S2/c1-18-11(15)7-3-2-4-14(6-7)20(16,17)8-5-9(12)19-10(8)13/h5,7H,2-4,6H2,1H3. The smallest absolute Gasteiger partial charge is 0.309 e. The molecule has 1 aromatic rings. The van der Waals surface area contributed by atoms with E-state index in [1.165, 1.54) is 17.5 Å². The number of halogens is 2. The molecule has 2 rings (SSSR count). The zero-order valence-corrected chi connectivity index (χ0v) is 13.8. The van der Waals surface area contributed by atoms with Gasteiger partial charge >= 0.3 is 5.97 Å². The number of sulfonamides is 1. The Hall–Kier alpha value is -0.340. The Morgan fingerprint density at radius 2 is 2.20 bits per heavy atom. The minimum absolute atomic E-state index is 0.000294. The van der Waals surface area contributed by atoms with Gasteiger partial charge in [-0.1, -0.05) is 23.2 Å². The maximum absolute atomic E-state index is 12.5. The van der Waals surface area contributed by atoms with Crippen LogP contribution in [0, 0.1) is 5.92 Å². The van der Waals surface area contributed by atoms with Crippen molar-refractivity contribution in [1.82, 2.24) is 4.31 Å². The molecule has 0 saturated carbocycles. The Morgan fingerprint density at radius 3 is 2.75 bits per heavy atom. The van der Waals surface area contributed by atoms with Crippen LogP contribution in [0.5, 0.6) is 0 Å². The largest absolute Gasteiger partial charge is 0.469 e. The number of ether oxygens (including phenoxy) is 1. The van der Waals surface area contributed by atoms with Crippen LogP contribution >= 0.6 is 34.5 Å². The molecule has 0 bridgehead atoms. The average Bonchev–Trinajstić information content (AvgIpc) is 2.77. The van der Waals surface area contributed by atoms with Crippen LogP contribution < -0.4 is 0 Å². The van der Waals surface area contributed by atoms with E-state index >= 15 is 0 Å². The fourth-order valence-electron chi connectivity index (χ4n) is 2.16. The van der Waals surface area contributed by atoms with Crippen molar-refractivity contribution >= 4 is 50.5 Å². The van der Waals surface area contributed by atoms with Gasteiger partial charge in [0.15, 0.2) is 0 Å². The van der Waals surface area contributed by atoms with Crippen molar-refractivity contribution in [2.45, 2.75) is 17.7 Å². The molecule has 0 aromatic carbocycles. The first-order valence-electron chi connectivity index (χ1n) is 5.89. The number of nitrogens with zero attached hydrogens (tertiary/aromatic N) is 1. The third-order valence-electron chi connectivity index (χ3n) is 3.16. The van der Waals surface area contributed by atoms with Crippen molar-refractivity contribution in [1.29, 1.82) is 0 Å². The summed E-state index contributed by atoms with van der Waals surface area (Å²) in [5, 5.41) is 0. The van der Waals surface area contributed by atoms with Crippen molar-refractivity contribution in [3.05, 3.63) is 14.7 Å². The van der Waals surface area contributed by atoms with E-state index in [2.05, 4.69) is 4.74 Å². The first-order chi connectivity index (χ1) is 9.36. The van der Waals surface area contributed by atoms with Gasteiger partial charge < -0.3 is 4.74 Å². The number of methoxy groups -OCH3 is 1. The van der Waals surface area contributed by atoms with Crippen molar-refractivity contribution in [3.63, 3.8) is 0 Å². The molecule has 1 saturated heterocycles. The molecule has 1 fully saturated rings. The topological polar surface area (TPSA) is 63.7 Å². The first-order valence-corrected chi connectivity index (χ1v) is 8.90. The molecule has 5 nitrogen and oxygen atoms in total. The number of thiophene rings is 1. The van der Waals surface area contributed by atoms with Gasteiger partial charge in [-0.25, -0.2) is 8.42 Å². The van der Waals surface area contributed by atoms with E-state index in [0.717, 1.165) is 11.3 Å². The Kier molecular flexibility index (Phi) is 4.96. The molecular formula is C11H13Cl2NO4S2. The molecule has 1 atom stereocenters. The highest BCUT2D eigenvalue weighted by Crippen LogP contribution is 2.36. The van der Waals surface area contributed by atoms with Gasteiger partial charge in [0, 0.05) is 13.1 Å². The molecule has 0 amide bonds. The molecule has 2 heterocycles. The summed E-state index contributed by atoms with van der Waals surface area (Å²) in [6.45, 7) is 0.471. The summed E-state index contributed by atoms with van der Waals surface area (Å²) < 4.78 is 31.4. The Balaban J connectivity index is 2.26. The lowest BCUT2D eigenvalue weighted by atomic mass is 10.0. The third kappa shape index (κ3) is 3.12. The Bertz CT molecular complexity index is 614. The van der Waals surface area contributed by atoms with E-state index in [1.54, 1.807) is 0 Å². The lowest BCUT2D eigenvalue weighted by molar-refractivity contribution is -0.146. The number of piperidine rings is 1. The highest BCUT2D eigenvalue weighted by Gasteiger charge is 2.35.